The molecule has 4 nitrogen and oxygen atoms in total. The average molecular weight is 880 g/mol. The fourth-order valence-electron chi connectivity index (χ4n) is 9.58. The van der Waals surface area contributed by atoms with E-state index < -0.39 is 0 Å². The second-order valence-corrected chi connectivity index (χ2v) is 22.7. The van der Waals surface area contributed by atoms with Gasteiger partial charge in [0.05, 0.1) is 22.1 Å². The van der Waals surface area contributed by atoms with Crippen molar-refractivity contribution in [3.05, 3.63) is 180 Å². The summed E-state index contributed by atoms with van der Waals surface area (Å²) in [6.07, 6.45) is 1.91. The maximum absolute atomic E-state index is 11.9. The Morgan fingerprint density at radius 3 is 1.57 bits per heavy atom. The molecule has 2 heterocycles. The first-order valence-corrected chi connectivity index (χ1v) is 23.8. The van der Waals surface area contributed by atoms with Crippen LogP contribution in [0.3, 0.4) is 0 Å². The molecule has 0 bridgehead atoms. The quantitative estimate of drug-likeness (QED) is 0.181. The third kappa shape index (κ3) is 8.71. The van der Waals surface area contributed by atoms with E-state index in [2.05, 4.69) is 222 Å². The second-order valence-electron chi connectivity index (χ2n) is 22.7. The predicted molar refractivity (Wildman–Crippen MR) is 285 cm³/mol. The Morgan fingerprint density at radius 1 is 0.433 bits per heavy atom. The number of imidazole rings is 1. The molecule has 0 saturated heterocycles. The molecule has 1 N–H and O–H groups in total. The van der Waals surface area contributed by atoms with Crippen molar-refractivity contribution in [3.8, 4) is 67.3 Å². The number of nitrogens with zero attached hydrogens (tertiary/aromatic N) is 3. The molecule has 9 rings (SSSR count). The van der Waals surface area contributed by atoms with Crippen LogP contribution >= 0.6 is 0 Å². The number of hydrogen-bond acceptors (Lipinski definition) is 3. The molecule has 4 heteroatoms. The zero-order valence-electron chi connectivity index (χ0n) is 41.7. The molecule has 0 aliphatic heterocycles. The summed E-state index contributed by atoms with van der Waals surface area (Å²) in [6, 6.07) is 52.8. The van der Waals surface area contributed by atoms with Gasteiger partial charge in [0.1, 0.15) is 11.6 Å². The summed E-state index contributed by atoms with van der Waals surface area (Å²) in [6.45, 7) is 29.3. The Bertz CT molecular complexity index is 3310. The van der Waals surface area contributed by atoms with Crippen LogP contribution in [-0.2, 0) is 21.7 Å². The molecule has 0 aliphatic carbocycles. The smallest absolute Gasteiger partial charge is 0.149 e. The Hall–Kier alpha value is -6.78. The molecular formula is C63H65N3O. The molecule has 0 atom stereocenters. The van der Waals surface area contributed by atoms with E-state index in [1.807, 2.05) is 24.4 Å². The second kappa shape index (κ2) is 16.5. The van der Waals surface area contributed by atoms with E-state index in [1.54, 1.807) is 0 Å². The van der Waals surface area contributed by atoms with E-state index in [0.717, 1.165) is 77.7 Å². The molecule has 0 radical (unpaired) electrons. The van der Waals surface area contributed by atoms with Gasteiger partial charge in [-0.3, -0.25) is 9.55 Å². The van der Waals surface area contributed by atoms with Crippen LogP contribution in [-0.4, -0.2) is 19.6 Å². The lowest BCUT2D eigenvalue weighted by molar-refractivity contribution is 0.475. The van der Waals surface area contributed by atoms with Gasteiger partial charge in [0.2, 0.25) is 0 Å². The zero-order valence-corrected chi connectivity index (χ0v) is 41.7. The summed E-state index contributed by atoms with van der Waals surface area (Å²) in [5.74, 6) is 0.878. The van der Waals surface area contributed by atoms with Gasteiger partial charge in [-0.2, -0.15) is 0 Å². The van der Waals surface area contributed by atoms with Gasteiger partial charge < -0.3 is 5.11 Å². The maximum atomic E-state index is 11.9. The topological polar surface area (TPSA) is 50.9 Å². The third-order valence-corrected chi connectivity index (χ3v) is 13.6. The number of phenols is 1. The molecule has 67 heavy (non-hydrogen) atoms. The van der Waals surface area contributed by atoms with Crippen LogP contribution in [0.2, 0.25) is 0 Å². The molecule has 0 unspecified atom stereocenters. The van der Waals surface area contributed by atoms with Gasteiger partial charge in [-0.15, -0.1) is 0 Å². The molecule has 0 aliphatic rings. The first-order valence-electron chi connectivity index (χ1n) is 23.8. The highest BCUT2D eigenvalue weighted by Gasteiger charge is 2.26. The van der Waals surface area contributed by atoms with Crippen LogP contribution in [0.4, 0.5) is 0 Å². The molecule has 0 amide bonds. The van der Waals surface area contributed by atoms with E-state index in [4.69, 9.17) is 9.97 Å². The molecule has 0 saturated carbocycles. The minimum absolute atomic E-state index is 0.0140. The van der Waals surface area contributed by atoms with Crippen molar-refractivity contribution in [1.82, 2.24) is 14.5 Å². The van der Waals surface area contributed by atoms with E-state index >= 15 is 0 Å². The number of aryl methyl sites for hydroxylation is 1. The Kier molecular flexibility index (Phi) is 11.2. The molecular weight excluding hydrogens is 815 g/mol. The lowest BCUT2D eigenvalue weighted by Crippen LogP contribution is -2.13. The number of fused-ring (bicyclic) bond motifs is 2. The number of hydrogen-bond donors (Lipinski definition) is 1. The third-order valence-electron chi connectivity index (χ3n) is 13.6. The summed E-state index contributed by atoms with van der Waals surface area (Å²) < 4.78 is 2.26. The highest BCUT2D eigenvalue weighted by Crippen LogP contribution is 2.45. The first-order chi connectivity index (χ1) is 31.6. The number of aromatic nitrogens is 3. The van der Waals surface area contributed by atoms with Crippen LogP contribution in [0.15, 0.2) is 152 Å². The van der Waals surface area contributed by atoms with E-state index in [1.165, 1.54) is 22.3 Å². The molecule has 7 aromatic carbocycles. The van der Waals surface area contributed by atoms with Crippen molar-refractivity contribution in [2.24, 2.45) is 0 Å². The van der Waals surface area contributed by atoms with Gasteiger partial charge in [-0.25, -0.2) is 4.98 Å². The summed E-state index contributed by atoms with van der Waals surface area (Å²) in [7, 11) is 0. The molecule has 0 fully saturated rings. The summed E-state index contributed by atoms with van der Waals surface area (Å²) in [5, 5.41) is 13.0. The predicted octanol–water partition coefficient (Wildman–Crippen LogP) is 17.1. The molecule has 0 spiro atoms. The average Bonchev–Trinajstić information content (AvgIpc) is 3.67. The number of aromatic hydroxyl groups is 1. The maximum Gasteiger partial charge on any atom is 0.149 e. The van der Waals surface area contributed by atoms with Crippen molar-refractivity contribution in [3.63, 3.8) is 0 Å². The van der Waals surface area contributed by atoms with E-state index in [9.17, 15) is 5.11 Å². The first kappa shape index (κ1) is 45.4. The van der Waals surface area contributed by atoms with Crippen LogP contribution in [0, 0.1) is 6.92 Å². The number of pyridine rings is 1. The summed E-state index contributed by atoms with van der Waals surface area (Å²) >= 11 is 0. The van der Waals surface area contributed by atoms with Gasteiger partial charge in [-0.1, -0.05) is 162 Å². The monoisotopic (exact) mass is 880 g/mol. The lowest BCUT2D eigenvalue weighted by Gasteiger charge is -2.25. The fourth-order valence-corrected chi connectivity index (χ4v) is 9.58. The van der Waals surface area contributed by atoms with Crippen molar-refractivity contribution >= 4 is 21.9 Å². The lowest BCUT2D eigenvalue weighted by atomic mass is 9.80. The van der Waals surface area contributed by atoms with Gasteiger partial charge in [0, 0.05) is 28.4 Å². The number of phenolic OH excluding ortho intramolecular Hbond substituents is 1. The summed E-state index contributed by atoms with van der Waals surface area (Å²) in [5.41, 5.74) is 19.1. The molecule has 338 valence electrons. The van der Waals surface area contributed by atoms with Gasteiger partial charge in [0.25, 0.3) is 0 Å². The van der Waals surface area contributed by atoms with Crippen LogP contribution in [0.5, 0.6) is 5.75 Å². The Balaban J connectivity index is 1.42. The van der Waals surface area contributed by atoms with Crippen molar-refractivity contribution in [2.75, 3.05) is 0 Å². The Morgan fingerprint density at radius 2 is 0.970 bits per heavy atom. The fraction of sp³-hybridized carbons (Fsp3) is 0.270. The molecule has 2 aromatic heterocycles. The largest absolute Gasteiger partial charge is 0.507 e. The van der Waals surface area contributed by atoms with Gasteiger partial charge >= 0.3 is 0 Å². The summed E-state index contributed by atoms with van der Waals surface area (Å²) in [4.78, 5) is 10.7. The minimum atomic E-state index is -0.151. The van der Waals surface area contributed by atoms with Crippen LogP contribution < -0.4 is 0 Å². The van der Waals surface area contributed by atoms with Crippen molar-refractivity contribution < 1.29 is 5.11 Å². The minimum Gasteiger partial charge on any atom is -0.507 e. The van der Waals surface area contributed by atoms with Crippen LogP contribution in [0.25, 0.3) is 83.5 Å². The Labute approximate surface area is 398 Å². The van der Waals surface area contributed by atoms with Gasteiger partial charge in [0.15, 0.2) is 0 Å². The molecule has 9 aromatic rings. The number of benzene rings is 7. The van der Waals surface area contributed by atoms with Crippen molar-refractivity contribution in [1.29, 1.82) is 0 Å². The van der Waals surface area contributed by atoms with Crippen molar-refractivity contribution in [2.45, 2.75) is 112 Å². The standard InChI is InChI=1S/C63H65N3O/c1-39-50-20-17-31-64-57(50)52(38-54(39)63(11,12)13)45-33-42(40-18-15-14-16-19-40)32-44(34-45)51-35-43(41-21-23-46(24-22-41)60(2,3)4)36-55-58(51)65-59(53-37-48(62(8,9)10)27-30-56(53)67)66(55)49-28-25-47(26-29-49)61(5,6)7/h14-38,67H,1-13H3. The SMILES string of the molecule is Cc1c(C(C)(C)C)cc(-c2cc(-c3ccccc3)cc(-c3cc(-c4ccc(C(C)(C)C)cc4)cc4c3nc(-c3cc(C(C)(C)C)ccc3O)n4-c3ccc(C(C)(C)C)cc3)c2)c2ncccc12. The zero-order chi connectivity index (χ0) is 47.8. The van der Waals surface area contributed by atoms with Gasteiger partial charge in [-0.05, 0) is 157 Å². The number of rotatable bonds is 6. The highest BCUT2D eigenvalue weighted by atomic mass is 16.3. The van der Waals surface area contributed by atoms with Crippen LogP contribution in [0.1, 0.15) is 111 Å². The van der Waals surface area contributed by atoms with E-state index in [0.29, 0.717) is 11.4 Å². The van der Waals surface area contributed by atoms with E-state index in [-0.39, 0.29) is 27.4 Å². The highest BCUT2D eigenvalue weighted by molar-refractivity contribution is 6.03. The normalized spacial score (nSPS) is 12.6.